The van der Waals surface area contributed by atoms with Crippen molar-refractivity contribution in [3.8, 4) is 0 Å². The van der Waals surface area contributed by atoms with Crippen molar-refractivity contribution >= 4 is 35.6 Å². The molecule has 3 unspecified atom stereocenters. The fraction of sp³-hybridized carbons (Fsp3) is 0.647. The molecule has 1 saturated heterocycles. The van der Waals surface area contributed by atoms with E-state index in [1.165, 1.54) is 4.90 Å². The van der Waals surface area contributed by atoms with Gasteiger partial charge in [-0.25, -0.2) is 4.79 Å². The summed E-state index contributed by atoms with van der Waals surface area (Å²) >= 11 is 0. The molecule has 0 spiro atoms. The SMILES string of the molecule is NC(CCC(=O)O)C(=O)N1CCCC1C(=O)NCC(=O)NC(CCC(=O)O)C(=O)O. The lowest BCUT2D eigenvalue weighted by molar-refractivity contribution is -0.143. The fourth-order valence-corrected chi connectivity index (χ4v) is 2.97. The Morgan fingerprint density at radius 3 is 2.17 bits per heavy atom. The summed E-state index contributed by atoms with van der Waals surface area (Å²) in [5.41, 5.74) is 5.72. The average molecular weight is 430 g/mol. The van der Waals surface area contributed by atoms with Crippen molar-refractivity contribution in [2.24, 2.45) is 5.73 Å². The van der Waals surface area contributed by atoms with Crippen molar-refractivity contribution in [1.29, 1.82) is 0 Å². The quantitative estimate of drug-likeness (QED) is 0.195. The van der Waals surface area contributed by atoms with E-state index >= 15 is 0 Å². The van der Waals surface area contributed by atoms with Crippen LogP contribution in [0.3, 0.4) is 0 Å². The fourth-order valence-electron chi connectivity index (χ4n) is 2.97. The number of likely N-dealkylation sites (tertiary alicyclic amines) is 1. The molecular formula is C17H26N4O9. The Morgan fingerprint density at radius 2 is 1.60 bits per heavy atom. The summed E-state index contributed by atoms with van der Waals surface area (Å²) in [6.45, 7) is -0.292. The topological polar surface area (TPSA) is 216 Å². The summed E-state index contributed by atoms with van der Waals surface area (Å²) in [5.74, 6) is -5.72. The van der Waals surface area contributed by atoms with Gasteiger partial charge in [0, 0.05) is 19.4 Å². The highest BCUT2D eigenvalue weighted by atomic mass is 16.4. The van der Waals surface area contributed by atoms with Gasteiger partial charge in [-0.05, 0) is 25.7 Å². The molecule has 13 heteroatoms. The highest BCUT2D eigenvalue weighted by Gasteiger charge is 2.36. The molecule has 0 radical (unpaired) electrons. The number of amides is 3. The van der Waals surface area contributed by atoms with Gasteiger partial charge >= 0.3 is 17.9 Å². The molecule has 0 aliphatic carbocycles. The third-order valence-corrected chi connectivity index (χ3v) is 4.53. The Morgan fingerprint density at radius 1 is 1.00 bits per heavy atom. The molecule has 13 nitrogen and oxygen atoms in total. The van der Waals surface area contributed by atoms with E-state index in [-0.39, 0.29) is 25.8 Å². The summed E-state index contributed by atoms with van der Waals surface area (Å²) < 4.78 is 0. The van der Waals surface area contributed by atoms with Crippen molar-refractivity contribution in [3.63, 3.8) is 0 Å². The zero-order chi connectivity index (χ0) is 22.8. The van der Waals surface area contributed by atoms with Crippen LogP contribution in [0.5, 0.6) is 0 Å². The molecule has 0 aromatic rings. The first kappa shape index (κ1) is 24.8. The zero-order valence-corrected chi connectivity index (χ0v) is 16.2. The van der Waals surface area contributed by atoms with Gasteiger partial charge in [0.05, 0.1) is 12.6 Å². The summed E-state index contributed by atoms with van der Waals surface area (Å²) in [6.07, 6.45) is -0.272. The molecule has 1 rings (SSSR count). The second kappa shape index (κ2) is 11.7. The molecule has 0 bridgehead atoms. The number of carboxylic acid groups (broad SMARTS) is 3. The minimum Gasteiger partial charge on any atom is -0.481 e. The molecule has 1 aliphatic rings. The number of rotatable bonds is 12. The number of nitrogens with one attached hydrogen (secondary N) is 2. The Bertz CT molecular complexity index is 697. The largest absolute Gasteiger partial charge is 0.481 e. The normalized spacial score (nSPS) is 17.6. The van der Waals surface area contributed by atoms with E-state index in [0.717, 1.165) is 0 Å². The summed E-state index contributed by atoms with van der Waals surface area (Å²) in [6, 6.07) is -3.35. The lowest BCUT2D eigenvalue weighted by atomic mass is 10.1. The highest BCUT2D eigenvalue weighted by Crippen LogP contribution is 2.19. The predicted octanol–water partition coefficient (Wildman–Crippen LogP) is -2.28. The van der Waals surface area contributed by atoms with Crippen LogP contribution in [0.1, 0.15) is 38.5 Å². The van der Waals surface area contributed by atoms with Gasteiger partial charge in [0.25, 0.3) is 0 Å². The molecule has 30 heavy (non-hydrogen) atoms. The van der Waals surface area contributed by atoms with Crippen LogP contribution < -0.4 is 16.4 Å². The van der Waals surface area contributed by atoms with Crippen LogP contribution in [-0.4, -0.2) is 87.1 Å². The van der Waals surface area contributed by atoms with E-state index in [1.807, 2.05) is 0 Å². The van der Waals surface area contributed by atoms with Gasteiger partial charge in [-0.15, -0.1) is 0 Å². The van der Waals surface area contributed by atoms with Gasteiger partial charge in [0.1, 0.15) is 12.1 Å². The monoisotopic (exact) mass is 430 g/mol. The number of hydrogen-bond donors (Lipinski definition) is 6. The Kier molecular flexibility index (Phi) is 9.68. The number of aliphatic carboxylic acids is 3. The van der Waals surface area contributed by atoms with Crippen LogP contribution in [0.25, 0.3) is 0 Å². The number of nitrogens with two attached hydrogens (primary N) is 1. The van der Waals surface area contributed by atoms with E-state index in [4.69, 9.17) is 21.1 Å². The van der Waals surface area contributed by atoms with Crippen LogP contribution in [0.15, 0.2) is 0 Å². The van der Waals surface area contributed by atoms with E-state index in [9.17, 15) is 28.8 Å². The maximum atomic E-state index is 12.4. The number of hydrogen-bond acceptors (Lipinski definition) is 7. The second-order valence-electron chi connectivity index (χ2n) is 6.84. The lowest BCUT2D eigenvalue weighted by Gasteiger charge is -2.26. The summed E-state index contributed by atoms with van der Waals surface area (Å²) in [4.78, 5) is 70.2. The van der Waals surface area contributed by atoms with E-state index in [1.54, 1.807) is 0 Å². The average Bonchev–Trinajstić information content (AvgIpc) is 3.16. The van der Waals surface area contributed by atoms with Gasteiger partial charge in [0.2, 0.25) is 17.7 Å². The summed E-state index contributed by atoms with van der Waals surface area (Å²) in [5, 5.41) is 30.8. The predicted molar refractivity (Wildman–Crippen MR) is 99.0 cm³/mol. The van der Waals surface area contributed by atoms with Gasteiger partial charge in [-0.2, -0.15) is 0 Å². The summed E-state index contributed by atoms with van der Waals surface area (Å²) in [7, 11) is 0. The van der Waals surface area contributed by atoms with Crippen molar-refractivity contribution in [3.05, 3.63) is 0 Å². The van der Waals surface area contributed by atoms with Crippen LogP contribution in [0.4, 0.5) is 0 Å². The molecule has 1 fully saturated rings. The number of carboxylic acids is 3. The van der Waals surface area contributed by atoms with Gasteiger partial charge in [-0.1, -0.05) is 0 Å². The minimum absolute atomic E-state index is 0.0751. The molecule has 0 aromatic heterocycles. The van der Waals surface area contributed by atoms with Crippen LogP contribution in [0, 0.1) is 0 Å². The van der Waals surface area contributed by atoms with E-state index < -0.39 is 66.7 Å². The molecule has 3 amide bonds. The second-order valence-corrected chi connectivity index (χ2v) is 6.84. The molecule has 1 heterocycles. The number of carbonyl (C=O) groups excluding carboxylic acids is 3. The number of nitrogens with zero attached hydrogens (tertiary/aromatic N) is 1. The van der Waals surface area contributed by atoms with Crippen molar-refractivity contribution in [1.82, 2.24) is 15.5 Å². The third kappa shape index (κ3) is 8.03. The first-order valence-corrected chi connectivity index (χ1v) is 9.32. The molecule has 0 saturated carbocycles. The van der Waals surface area contributed by atoms with Gasteiger partial charge < -0.3 is 36.6 Å². The Hall–Kier alpha value is -3.22. The lowest BCUT2D eigenvalue weighted by Crippen LogP contribution is -2.53. The van der Waals surface area contributed by atoms with Crippen LogP contribution in [-0.2, 0) is 28.8 Å². The first-order valence-electron chi connectivity index (χ1n) is 9.32. The first-order chi connectivity index (χ1) is 14.0. The molecule has 3 atom stereocenters. The molecule has 168 valence electrons. The molecule has 7 N–H and O–H groups in total. The van der Waals surface area contributed by atoms with E-state index in [2.05, 4.69) is 10.6 Å². The van der Waals surface area contributed by atoms with E-state index in [0.29, 0.717) is 12.8 Å². The van der Waals surface area contributed by atoms with Gasteiger partial charge in [-0.3, -0.25) is 24.0 Å². The third-order valence-electron chi connectivity index (χ3n) is 4.53. The van der Waals surface area contributed by atoms with Crippen molar-refractivity contribution in [2.75, 3.05) is 13.1 Å². The highest BCUT2D eigenvalue weighted by molar-refractivity contribution is 5.93. The molecule has 0 aromatic carbocycles. The molecular weight excluding hydrogens is 404 g/mol. The van der Waals surface area contributed by atoms with Crippen LogP contribution in [0.2, 0.25) is 0 Å². The smallest absolute Gasteiger partial charge is 0.326 e. The zero-order valence-electron chi connectivity index (χ0n) is 16.2. The molecule has 1 aliphatic heterocycles. The van der Waals surface area contributed by atoms with Crippen molar-refractivity contribution in [2.45, 2.75) is 56.7 Å². The van der Waals surface area contributed by atoms with Gasteiger partial charge in [0.15, 0.2) is 0 Å². The van der Waals surface area contributed by atoms with Crippen molar-refractivity contribution < 1.29 is 44.1 Å². The number of carbonyl (C=O) groups is 6. The standard InChI is InChI=1S/C17H26N4O9/c18-9(3-5-13(23)24)16(28)21-7-1-2-11(21)15(27)19-8-12(22)20-10(17(29)30)4-6-14(25)26/h9-11H,1-8,18H2,(H,19,27)(H,20,22)(H,23,24)(H,25,26)(H,29,30). The maximum Gasteiger partial charge on any atom is 0.326 e. The Labute approximate surface area is 171 Å². The maximum absolute atomic E-state index is 12.4. The van der Waals surface area contributed by atoms with Crippen LogP contribution >= 0.6 is 0 Å². The Balaban J connectivity index is 2.56. The minimum atomic E-state index is -1.41.